The predicted octanol–water partition coefficient (Wildman–Crippen LogP) is 2.00. The highest BCUT2D eigenvalue weighted by Crippen LogP contribution is 2.28. The summed E-state index contributed by atoms with van der Waals surface area (Å²) >= 11 is 6.06. The van der Waals surface area contributed by atoms with Gasteiger partial charge in [0.25, 0.3) is 5.91 Å². The lowest BCUT2D eigenvalue weighted by atomic mass is 9.89. The Kier molecular flexibility index (Phi) is 4.44. The summed E-state index contributed by atoms with van der Waals surface area (Å²) < 4.78 is 0. The number of rotatable bonds is 4. The van der Waals surface area contributed by atoms with Crippen molar-refractivity contribution in [2.75, 3.05) is 0 Å². The minimum absolute atomic E-state index is 0.241. The molecule has 1 aliphatic heterocycles. The number of carbonyl (C=O) groups is 2. The Labute approximate surface area is 128 Å². The van der Waals surface area contributed by atoms with E-state index in [1.165, 1.54) is 0 Å². The van der Waals surface area contributed by atoms with Crippen LogP contribution in [0.1, 0.15) is 38.2 Å². The van der Waals surface area contributed by atoms with Crippen LogP contribution in [-0.4, -0.2) is 23.2 Å². The fourth-order valence-electron chi connectivity index (χ4n) is 2.31. The Morgan fingerprint density at radius 2 is 1.90 bits per heavy atom. The van der Waals surface area contributed by atoms with Crippen LogP contribution in [0, 0.1) is 0 Å². The van der Waals surface area contributed by atoms with Crippen LogP contribution in [0.3, 0.4) is 0 Å². The Morgan fingerprint density at radius 3 is 2.43 bits per heavy atom. The molecule has 0 fully saturated rings. The standard InChI is InChI=1S/C15H18ClN3O2/c1-3-15(17,4-2)14-18-12(20)11(13(21)19-14)9-7-5-6-8-10(9)16/h5-8,11H,3-4,17H2,1-2H3,(H,18,19,20,21). The summed E-state index contributed by atoms with van der Waals surface area (Å²) in [6.07, 6.45) is 1.15. The minimum atomic E-state index is -1.01. The molecule has 0 radical (unpaired) electrons. The number of nitrogens with two attached hydrogens (primary N) is 1. The van der Waals surface area contributed by atoms with E-state index in [1.54, 1.807) is 24.3 Å². The van der Waals surface area contributed by atoms with Crippen molar-refractivity contribution in [1.29, 1.82) is 0 Å². The number of hydrogen-bond donors (Lipinski definition) is 2. The molecule has 3 N–H and O–H groups in total. The van der Waals surface area contributed by atoms with Gasteiger partial charge in [-0.15, -0.1) is 0 Å². The Bertz CT molecular complexity index is 609. The topological polar surface area (TPSA) is 84.5 Å². The number of amidine groups is 1. The molecule has 1 aliphatic rings. The number of nitrogens with one attached hydrogen (secondary N) is 1. The monoisotopic (exact) mass is 307 g/mol. The van der Waals surface area contributed by atoms with Crippen LogP contribution < -0.4 is 11.1 Å². The molecular weight excluding hydrogens is 290 g/mol. The number of carbonyl (C=O) groups excluding carboxylic acids is 2. The van der Waals surface area contributed by atoms with E-state index in [0.29, 0.717) is 23.4 Å². The van der Waals surface area contributed by atoms with Crippen molar-refractivity contribution in [2.45, 2.75) is 38.1 Å². The van der Waals surface area contributed by atoms with Gasteiger partial charge >= 0.3 is 0 Å². The van der Waals surface area contributed by atoms with Gasteiger partial charge in [-0.1, -0.05) is 43.6 Å². The molecule has 1 aromatic rings. The zero-order valence-electron chi connectivity index (χ0n) is 12.0. The van der Waals surface area contributed by atoms with Crippen molar-refractivity contribution in [3.63, 3.8) is 0 Å². The third-order valence-corrected chi connectivity index (χ3v) is 4.27. The third kappa shape index (κ3) is 2.84. The molecule has 0 aromatic heterocycles. The molecule has 5 nitrogen and oxygen atoms in total. The number of amides is 2. The van der Waals surface area contributed by atoms with Crippen molar-refractivity contribution in [2.24, 2.45) is 10.7 Å². The molecule has 112 valence electrons. The van der Waals surface area contributed by atoms with Crippen LogP contribution in [-0.2, 0) is 9.59 Å². The quantitative estimate of drug-likeness (QED) is 0.834. The molecular formula is C15H18ClN3O2. The Morgan fingerprint density at radius 1 is 1.29 bits per heavy atom. The van der Waals surface area contributed by atoms with Crippen LogP contribution in [0.5, 0.6) is 0 Å². The van der Waals surface area contributed by atoms with E-state index in [0.717, 1.165) is 0 Å². The summed E-state index contributed by atoms with van der Waals surface area (Å²) in [6.45, 7) is 3.78. The van der Waals surface area contributed by atoms with Crippen molar-refractivity contribution in [1.82, 2.24) is 5.32 Å². The molecule has 0 saturated carbocycles. The zero-order chi connectivity index (χ0) is 15.6. The normalized spacial score (nSPS) is 19.2. The first kappa shape index (κ1) is 15.7. The highest BCUT2D eigenvalue weighted by molar-refractivity contribution is 6.32. The van der Waals surface area contributed by atoms with Gasteiger partial charge in [-0.25, -0.2) is 0 Å². The lowest BCUT2D eigenvalue weighted by Crippen LogP contribution is -2.58. The summed E-state index contributed by atoms with van der Waals surface area (Å²) in [4.78, 5) is 28.6. The molecule has 1 heterocycles. The van der Waals surface area contributed by atoms with Gasteiger partial charge in [-0.3, -0.25) is 9.59 Å². The molecule has 0 spiro atoms. The summed E-state index contributed by atoms with van der Waals surface area (Å²) in [7, 11) is 0. The van der Waals surface area contributed by atoms with Crippen molar-refractivity contribution in [3.8, 4) is 0 Å². The second kappa shape index (κ2) is 5.95. The van der Waals surface area contributed by atoms with E-state index in [1.807, 2.05) is 13.8 Å². The van der Waals surface area contributed by atoms with Crippen LogP contribution in [0.15, 0.2) is 29.3 Å². The second-order valence-corrected chi connectivity index (χ2v) is 5.51. The number of nitrogens with zero attached hydrogens (tertiary/aromatic N) is 1. The molecule has 6 heteroatoms. The van der Waals surface area contributed by atoms with Gasteiger partial charge in [-0.05, 0) is 24.5 Å². The number of hydrogen-bond acceptors (Lipinski definition) is 3. The zero-order valence-corrected chi connectivity index (χ0v) is 12.8. The first-order valence-electron chi connectivity index (χ1n) is 6.90. The van der Waals surface area contributed by atoms with Gasteiger partial charge in [0, 0.05) is 5.02 Å². The fraction of sp³-hybridized carbons (Fsp3) is 0.400. The van der Waals surface area contributed by atoms with Crippen molar-refractivity contribution in [3.05, 3.63) is 34.9 Å². The van der Waals surface area contributed by atoms with Crippen LogP contribution in [0.25, 0.3) is 0 Å². The lowest BCUT2D eigenvalue weighted by molar-refractivity contribution is -0.130. The molecule has 2 amide bonds. The Hall–Kier alpha value is -1.72. The van der Waals surface area contributed by atoms with E-state index in [2.05, 4.69) is 10.3 Å². The predicted molar refractivity (Wildman–Crippen MR) is 82.3 cm³/mol. The fourth-order valence-corrected chi connectivity index (χ4v) is 2.55. The smallest absolute Gasteiger partial charge is 0.264 e. The molecule has 21 heavy (non-hydrogen) atoms. The van der Waals surface area contributed by atoms with Gasteiger partial charge in [-0.2, -0.15) is 4.99 Å². The maximum Gasteiger partial charge on any atom is 0.264 e. The van der Waals surface area contributed by atoms with E-state index in [9.17, 15) is 9.59 Å². The van der Waals surface area contributed by atoms with E-state index >= 15 is 0 Å². The molecule has 1 atom stereocenters. The largest absolute Gasteiger partial charge is 0.319 e. The minimum Gasteiger partial charge on any atom is -0.319 e. The van der Waals surface area contributed by atoms with E-state index in [-0.39, 0.29) is 5.84 Å². The number of halogens is 1. The van der Waals surface area contributed by atoms with E-state index < -0.39 is 23.3 Å². The maximum absolute atomic E-state index is 12.3. The SMILES string of the molecule is CCC(N)(CC)C1=NC(=O)C(c2ccccc2Cl)C(=O)N1. The maximum atomic E-state index is 12.3. The molecule has 0 aliphatic carbocycles. The first-order chi connectivity index (χ1) is 9.92. The van der Waals surface area contributed by atoms with Gasteiger partial charge in [0.15, 0.2) is 0 Å². The summed E-state index contributed by atoms with van der Waals surface area (Å²) in [5.41, 5.74) is 5.85. The summed E-state index contributed by atoms with van der Waals surface area (Å²) in [6, 6.07) is 6.76. The van der Waals surface area contributed by atoms with Gasteiger partial charge < -0.3 is 11.1 Å². The first-order valence-corrected chi connectivity index (χ1v) is 7.28. The van der Waals surface area contributed by atoms with Gasteiger partial charge in [0.1, 0.15) is 11.8 Å². The summed E-state index contributed by atoms with van der Waals surface area (Å²) in [5, 5.41) is 3.04. The van der Waals surface area contributed by atoms with E-state index in [4.69, 9.17) is 17.3 Å². The van der Waals surface area contributed by atoms with Gasteiger partial charge in [0.05, 0.1) is 5.54 Å². The third-order valence-electron chi connectivity index (χ3n) is 3.92. The molecule has 2 rings (SSSR count). The van der Waals surface area contributed by atoms with Crippen LogP contribution in [0.2, 0.25) is 5.02 Å². The van der Waals surface area contributed by atoms with Crippen molar-refractivity contribution >= 4 is 29.3 Å². The highest BCUT2D eigenvalue weighted by atomic mass is 35.5. The highest BCUT2D eigenvalue weighted by Gasteiger charge is 2.39. The van der Waals surface area contributed by atoms with Crippen LogP contribution >= 0.6 is 11.6 Å². The van der Waals surface area contributed by atoms with Crippen molar-refractivity contribution < 1.29 is 9.59 Å². The number of benzene rings is 1. The summed E-state index contributed by atoms with van der Waals surface area (Å²) in [5.74, 6) is -1.74. The molecule has 1 unspecified atom stereocenters. The average molecular weight is 308 g/mol. The van der Waals surface area contributed by atoms with Gasteiger partial charge in [0.2, 0.25) is 5.91 Å². The van der Waals surface area contributed by atoms with Crippen LogP contribution in [0.4, 0.5) is 0 Å². The molecule has 0 saturated heterocycles. The lowest BCUT2D eigenvalue weighted by Gasteiger charge is -2.32. The molecule has 1 aromatic carbocycles. The molecule has 0 bridgehead atoms. The number of aliphatic imine (C=N–C) groups is 1. The Balaban J connectivity index is 2.40. The average Bonchev–Trinajstić information content (AvgIpc) is 2.47. The second-order valence-electron chi connectivity index (χ2n) is 5.11.